The number of carbonyl (C=O) groups is 3. The summed E-state index contributed by atoms with van der Waals surface area (Å²) < 4.78 is 16.8. The van der Waals surface area contributed by atoms with Gasteiger partial charge in [0, 0.05) is 19.3 Å². The molecule has 0 spiro atoms. The standard InChI is InChI=1S/C65H118O6/c1-4-7-10-13-16-19-22-25-27-29-31-33-35-37-40-43-46-49-52-55-58-64(67)70-61-62(60-69-63(66)57-54-51-48-45-42-39-24-21-18-15-12-9-6-3)71-65(68)59-56-53-50-47-44-41-38-36-34-32-30-28-26-23-20-17-14-11-8-5-2/h9,12,18,21,39,42,48,51,62H,4-8,10-11,13-17,19-20,22-38,40-41,43-47,49-50,52-61H2,1-3H3/b12-9-,21-18-,42-39-,51-48-. The highest BCUT2D eigenvalue weighted by molar-refractivity contribution is 5.71. The fourth-order valence-corrected chi connectivity index (χ4v) is 9.22. The van der Waals surface area contributed by atoms with Gasteiger partial charge in [-0.25, -0.2) is 0 Å². The van der Waals surface area contributed by atoms with Crippen molar-refractivity contribution in [3.05, 3.63) is 48.6 Å². The van der Waals surface area contributed by atoms with Crippen LogP contribution in [-0.4, -0.2) is 37.2 Å². The van der Waals surface area contributed by atoms with Crippen LogP contribution in [-0.2, 0) is 28.6 Å². The number of esters is 3. The summed E-state index contributed by atoms with van der Waals surface area (Å²) in [6.45, 7) is 6.52. The van der Waals surface area contributed by atoms with Gasteiger partial charge in [0.25, 0.3) is 0 Å². The van der Waals surface area contributed by atoms with Gasteiger partial charge in [0.15, 0.2) is 6.10 Å². The van der Waals surface area contributed by atoms with Gasteiger partial charge in [-0.05, 0) is 44.9 Å². The van der Waals surface area contributed by atoms with Crippen molar-refractivity contribution >= 4 is 17.9 Å². The average molecular weight is 996 g/mol. The van der Waals surface area contributed by atoms with E-state index in [0.29, 0.717) is 19.3 Å². The largest absolute Gasteiger partial charge is 0.462 e. The second-order valence-corrected chi connectivity index (χ2v) is 21.0. The molecule has 414 valence electrons. The van der Waals surface area contributed by atoms with Crippen molar-refractivity contribution < 1.29 is 28.6 Å². The zero-order chi connectivity index (χ0) is 51.4. The van der Waals surface area contributed by atoms with Crippen LogP contribution >= 0.6 is 0 Å². The smallest absolute Gasteiger partial charge is 0.306 e. The Bertz CT molecular complexity index is 1230. The van der Waals surface area contributed by atoms with E-state index >= 15 is 0 Å². The Balaban J connectivity index is 4.32. The van der Waals surface area contributed by atoms with Gasteiger partial charge in [-0.1, -0.05) is 313 Å². The Hall–Kier alpha value is -2.63. The summed E-state index contributed by atoms with van der Waals surface area (Å²) >= 11 is 0. The number of allylic oxidation sites excluding steroid dienone is 8. The Morgan fingerprint density at radius 2 is 0.549 bits per heavy atom. The molecular formula is C65H118O6. The van der Waals surface area contributed by atoms with Crippen LogP contribution in [0.1, 0.15) is 329 Å². The maximum absolute atomic E-state index is 12.9. The van der Waals surface area contributed by atoms with Crippen molar-refractivity contribution in [2.24, 2.45) is 0 Å². The zero-order valence-corrected chi connectivity index (χ0v) is 47.5. The number of unbranched alkanes of at least 4 members (excludes halogenated alkanes) is 38. The lowest BCUT2D eigenvalue weighted by Gasteiger charge is -2.18. The summed E-state index contributed by atoms with van der Waals surface area (Å²) in [5.74, 6) is -0.954. The van der Waals surface area contributed by atoms with Gasteiger partial charge in [-0.2, -0.15) is 0 Å². The zero-order valence-electron chi connectivity index (χ0n) is 47.5. The first-order chi connectivity index (χ1) is 35.0. The number of rotatable bonds is 57. The Morgan fingerprint density at radius 3 is 0.859 bits per heavy atom. The SMILES string of the molecule is CC/C=C\C/C=C\C/C=C\C/C=C\CCC(=O)OCC(COC(=O)CCCCCCCCCCCCCCCCCCCCCC)OC(=O)CCCCCCCCCCCCCCCCCCCCCC. The van der Waals surface area contributed by atoms with Crippen molar-refractivity contribution in [2.75, 3.05) is 13.2 Å². The molecule has 0 aliphatic carbocycles. The molecule has 6 heteroatoms. The molecule has 0 rings (SSSR count). The van der Waals surface area contributed by atoms with E-state index in [4.69, 9.17) is 14.2 Å². The number of ether oxygens (including phenoxy) is 3. The third kappa shape index (κ3) is 58.1. The molecule has 0 saturated heterocycles. The molecule has 1 unspecified atom stereocenters. The quantitative estimate of drug-likeness (QED) is 0.0261. The third-order valence-electron chi connectivity index (χ3n) is 13.9. The Kier molecular flexibility index (Phi) is 57.7. The molecule has 0 heterocycles. The van der Waals surface area contributed by atoms with E-state index < -0.39 is 6.10 Å². The van der Waals surface area contributed by atoms with Crippen LogP contribution in [0, 0.1) is 0 Å². The molecule has 0 aromatic carbocycles. The molecule has 71 heavy (non-hydrogen) atoms. The lowest BCUT2D eigenvalue weighted by molar-refractivity contribution is -0.166. The van der Waals surface area contributed by atoms with Gasteiger partial charge >= 0.3 is 17.9 Å². The topological polar surface area (TPSA) is 78.9 Å². The van der Waals surface area contributed by atoms with Crippen LogP contribution in [0.25, 0.3) is 0 Å². The second kappa shape index (κ2) is 59.9. The minimum atomic E-state index is -0.798. The molecule has 0 aliphatic heterocycles. The predicted octanol–water partition coefficient (Wildman–Crippen LogP) is 21.0. The third-order valence-corrected chi connectivity index (χ3v) is 13.9. The van der Waals surface area contributed by atoms with E-state index in [0.717, 1.165) is 64.2 Å². The van der Waals surface area contributed by atoms with Gasteiger partial charge in [-0.3, -0.25) is 14.4 Å². The fraction of sp³-hybridized carbons (Fsp3) is 0.831. The summed E-state index contributed by atoms with van der Waals surface area (Å²) in [6.07, 6.45) is 74.2. The van der Waals surface area contributed by atoms with Crippen LogP contribution in [0.2, 0.25) is 0 Å². The average Bonchev–Trinajstić information content (AvgIpc) is 3.37. The van der Waals surface area contributed by atoms with Crippen molar-refractivity contribution in [1.82, 2.24) is 0 Å². The van der Waals surface area contributed by atoms with E-state index in [-0.39, 0.29) is 37.5 Å². The van der Waals surface area contributed by atoms with Gasteiger partial charge in [0.1, 0.15) is 13.2 Å². The molecule has 0 aromatic heterocycles. The summed E-state index contributed by atoms with van der Waals surface area (Å²) in [5.41, 5.74) is 0. The highest BCUT2D eigenvalue weighted by Gasteiger charge is 2.19. The van der Waals surface area contributed by atoms with Crippen molar-refractivity contribution in [1.29, 1.82) is 0 Å². The molecular weight excluding hydrogens is 877 g/mol. The van der Waals surface area contributed by atoms with E-state index in [1.807, 2.05) is 6.08 Å². The van der Waals surface area contributed by atoms with Gasteiger partial charge in [-0.15, -0.1) is 0 Å². The molecule has 0 aliphatic rings. The van der Waals surface area contributed by atoms with Crippen LogP contribution in [0.15, 0.2) is 48.6 Å². The summed E-state index contributed by atoms with van der Waals surface area (Å²) in [4.78, 5) is 38.2. The second-order valence-electron chi connectivity index (χ2n) is 21.0. The minimum Gasteiger partial charge on any atom is -0.462 e. The summed E-state index contributed by atoms with van der Waals surface area (Å²) in [6, 6.07) is 0. The molecule has 0 radical (unpaired) electrons. The summed E-state index contributed by atoms with van der Waals surface area (Å²) in [7, 11) is 0. The molecule has 1 atom stereocenters. The van der Waals surface area contributed by atoms with Crippen molar-refractivity contribution in [2.45, 2.75) is 335 Å². The van der Waals surface area contributed by atoms with Gasteiger partial charge in [0.2, 0.25) is 0 Å². The molecule has 0 fully saturated rings. The molecule has 0 N–H and O–H groups in total. The normalized spacial score (nSPS) is 12.3. The fourth-order valence-electron chi connectivity index (χ4n) is 9.22. The first kappa shape index (κ1) is 68.4. The molecule has 0 saturated carbocycles. The van der Waals surface area contributed by atoms with Crippen molar-refractivity contribution in [3.8, 4) is 0 Å². The lowest BCUT2D eigenvalue weighted by atomic mass is 10.0. The number of carbonyl (C=O) groups excluding carboxylic acids is 3. The van der Waals surface area contributed by atoms with Crippen LogP contribution in [0.4, 0.5) is 0 Å². The van der Waals surface area contributed by atoms with Crippen molar-refractivity contribution in [3.63, 3.8) is 0 Å². The number of hydrogen-bond donors (Lipinski definition) is 0. The minimum absolute atomic E-state index is 0.0901. The van der Waals surface area contributed by atoms with E-state index in [2.05, 4.69) is 63.3 Å². The predicted molar refractivity (Wildman–Crippen MR) is 307 cm³/mol. The Labute approximate surface area is 441 Å². The van der Waals surface area contributed by atoms with E-state index in [1.165, 1.54) is 218 Å². The van der Waals surface area contributed by atoms with E-state index in [1.54, 1.807) is 0 Å². The highest BCUT2D eigenvalue weighted by Crippen LogP contribution is 2.18. The number of hydrogen-bond acceptors (Lipinski definition) is 6. The first-order valence-electron chi connectivity index (χ1n) is 31.1. The molecule has 0 bridgehead atoms. The van der Waals surface area contributed by atoms with Crippen LogP contribution < -0.4 is 0 Å². The first-order valence-corrected chi connectivity index (χ1v) is 31.1. The molecule has 6 nitrogen and oxygen atoms in total. The maximum atomic E-state index is 12.9. The van der Waals surface area contributed by atoms with Crippen LogP contribution in [0.5, 0.6) is 0 Å². The molecule has 0 aromatic rings. The summed E-state index contributed by atoms with van der Waals surface area (Å²) in [5, 5.41) is 0. The lowest BCUT2D eigenvalue weighted by Crippen LogP contribution is -2.30. The van der Waals surface area contributed by atoms with Gasteiger partial charge < -0.3 is 14.2 Å². The van der Waals surface area contributed by atoms with Crippen LogP contribution in [0.3, 0.4) is 0 Å². The maximum Gasteiger partial charge on any atom is 0.306 e. The highest BCUT2D eigenvalue weighted by atomic mass is 16.6. The van der Waals surface area contributed by atoms with E-state index in [9.17, 15) is 14.4 Å². The van der Waals surface area contributed by atoms with Gasteiger partial charge in [0.05, 0.1) is 0 Å². The monoisotopic (exact) mass is 995 g/mol. The molecule has 0 amide bonds. The Morgan fingerprint density at radius 1 is 0.296 bits per heavy atom.